The normalized spacial score (nSPS) is 12.7. The van der Waals surface area contributed by atoms with Crippen LogP contribution in [0.5, 0.6) is 5.75 Å². The first-order chi connectivity index (χ1) is 11.1. The molecule has 2 aromatic rings. The maximum absolute atomic E-state index is 10.9. The monoisotopic (exact) mass is 313 g/mol. The number of nitrogens with two attached hydrogens (primary N) is 1. The van der Waals surface area contributed by atoms with Crippen LogP contribution in [0.3, 0.4) is 0 Å². The van der Waals surface area contributed by atoms with Crippen LogP contribution in [0.4, 0.5) is 5.69 Å². The number of methoxy groups -OCH3 is 1. The second-order valence-corrected chi connectivity index (χ2v) is 5.19. The van der Waals surface area contributed by atoms with Gasteiger partial charge in [-0.25, -0.2) is 0 Å². The Hall–Kier alpha value is -2.98. The zero-order chi connectivity index (χ0) is 16.6. The largest absolute Gasteiger partial charge is 0.496 e. The van der Waals surface area contributed by atoms with E-state index in [0.717, 1.165) is 11.3 Å². The van der Waals surface area contributed by atoms with E-state index in [1.807, 2.05) is 0 Å². The lowest BCUT2D eigenvalue weighted by atomic mass is 10.1. The van der Waals surface area contributed by atoms with Gasteiger partial charge in [0.05, 0.1) is 43.8 Å². The summed E-state index contributed by atoms with van der Waals surface area (Å²) in [7, 11) is 1.48. The highest BCUT2D eigenvalue weighted by Crippen LogP contribution is 2.35. The van der Waals surface area contributed by atoms with Gasteiger partial charge in [0.1, 0.15) is 17.5 Å². The van der Waals surface area contributed by atoms with E-state index in [4.69, 9.17) is 20.3 Å². The number of aliphatic carboxylic acids is 1. The molecule has 0 saturated carbocycles. The standard InChI is InChI=1S/C16H15N3O4/c1-22-14-5-10(3-2-9(14)4-15(20)21)19-12(6-17)16(18)11-7-23-8-13(11)19/h2-3,5H,4,7-8,18H2,1H3,(H,20,21). The van der Waals surface area contributed by atoms with Crippen LogP contribution in [0.1, 0.15) is 22.5 Å². The van der Waals surface area contributed by atoms with Gasteiger partial charge in [-0.15, -0.1) is 0 Å². The minimum atomic E-state index is -0.937. The van der Waals surface area contributed by atoms with Gasteiger partial charge in [0.2, 0.25) is 0 Å². The molecule has 1 aliphatic rings. The van der Waals surface area contributed by atoms with E-state index in [9.17, 15) is 10.1 Å². The minimum Gasteiger partial charge on any atom is -0.496 e. The van der Waals surface area contributed by atoms with Gasteiger partial charge in [-0.05, 0) is 6.07 Å². The van der Waals surface area contributed by atoms with Gasteiger partial charge < -0.3 is 24.9 Å². The molecule has 0 fully saturated rings. The molecule has 3 N–H and O–H groups in total. The first-order valence-corrected chi connectivity index (χ1v) is 6.95. The van der Waals surface area contributed by atoms with Crippen molar-refractivity contribution in [3.63, 3.8) is 0 Å². The molecule has 0 atom stereocenters. The van der Waals surface area contributed by atoms with Gasteiger partial charge in [0.15, 0.2) is 0 Å². The zero-order valence-electron chi connectivity index (χ0n) is 12.5. The number of nitrogens with zero attached hydrogens (tertiary/aromatic N) is 2. The lowest BCUT2D eigenvalue weighted by Gasteiger charge is -2.13. The quantitative estimate of drug-likeness (QED) is 0.887. The summed E-state index contributed by atoms with van der Waals surface area (Å²) in [6.07, 6.45) is -0.135. The Kier molecular flexibility index (Phi) is 3.68. The van der Waals surface area contributed by atoms with Crippen LogP contribution in [0.25, 0.3) is 5.69 Å². The number of carboxylic acid groups (broad SMARTS) is 1. The van der Waals surface area contributed by atoms with Crippen LogP contribution >= 0.6 is 0 Å². The van der Waals surface area contributed by atoms with E-state index in [-0.39, 0.29) is 6.42 Å². The molecule has 1 aromatic heterocycles. The van der Waals surface area contributed by atoms with Crippen LogP contribution in [0.2, 0.25) is 0 Å². The van der Waals surface area contributed by atoms with E-state index in [0.29, 0.717) is 41.6 Å². The number of aromatic nitrogens is 1. The second kappa shape index (κ2) is 5.66. The molecule has 0 saturated heterocycles. The fourth-order valence-corrected chi connectivity index (χ4v) is 2.83. The van der Waals surface area contributed by atoms with Crippen LogP contribution in [-0.2, 0) is 29.2 Å². The average Bonchev–Trinajstić information content (AvgIpc) is 3.09. The summed E-state index contributed by atoms with van der Waals surface area (Å²) >= 11 is 0. The smallest absolute Gasteiger partial charge is 0.307 e. The van der Waals surface area contributed by atoms with Gasteiger partial charge in [-0.2, -0.15) is 5.26 Å². The van der Waals surface area contributed by atoms with Crippen molar-refractivity contribution in [1.29, 1.82) is 5.26 Å². The van der Waals surface area contributed by atoms with E-state index >= 15 is 0 Å². The van der Waals surface area contributed by atoms with Crippen molar-refractivity contribution in [2.45, 2.75) is 19.6 Å². The van der Waals surface area contributed by atoms with E-state index in [1.54, 1.807) is 22.8 Å². The molecule has 0 radical (unpaired) electrons. The number of nitriles is 1. The van der Waals surface area contributed by atoms with Crippen LogP contribution in [0.15, 0.2) is 18.2 Å². The highest BCUT2D eigenvalue weighted by atomic mass is 16.5. The number of benzene rings is 1. The molecule has 3 rings (SSSR count). The Morgan fingerprint density at radius 1 is 1.52 bits per heavy atom. The minimum absolute atomic E-state index is 0.135. The predicted molar refractivity (Wildman–Crippen MR) is 81.3 cm³/mol. The number of carboxylic acids is 1. The van der Waals surface area contributed by atoms with Crippen LogP contribution < -0.4 is 10.5 Å². The third kappa shape index (κ3) is 2.39. The fraction of sp³-hybridized carbons (Fsp3) is 0.250. The van der Waals surface area contributed by atoms with Gasteiger partial charge in [0, 0.05) is 17.2 Å². The lowest BCUT2D eigenvalue weighted by Crippen LogP contribution is -2.06. The number of ether oxygens (including phenoxy) is 2. The van der Waals surface area contributed by atoms with E-state index in [1.165, 1.54) is 7.11 Å². The molecule has 23 heavy (non-hydrogen) atoms. The van der Waals surface area contributed by atoms with Crippen molar-refractivity contribution in [2.24, 2.45) is 0 Å². The first kappa shape index (κ1) is 14.9. The first-order valence-electron chi connectivity index (χ1n) is 6.95. The zero-order valence-corrected chi connectivity index (χ0v) is 12.5. The Morgan fingerprint density at radius 2 is 2.30 bits per heavy atom. The molecule has 0 aliphatic carbocycles. The SMILES string of the molecule is COc1cc(-n2c(C#N)c(N)c3c2COC3)ccc1CC(=O)O. The maximum atomic E-state index is 10.9. The molecule has 2 heterocycles. The van der Waals surface area contributed by atoms with Crippen LogP contribution in [0, 0.1) is 11.3 Å². The predicted octanol–water partition coefficient (Wildman–Crippen LogP) is 1.60. The fourth-order valence-electron chi connectivity index (χ4n) is 2.83. The number of nitrogen functional groups attached to an aromatic ring is 1. The molecule has 7 nitrogen and oxygen atoms in total. The summed E-state index contributed by atoms with van der Waals surface area (Å²) in [5.41, 5.74) is 9.73. The van der Waals surface area contributed by atoms with Crippen molar-refractivity contribution in [2.75, 3.05) is 12.8 Å². The molecule has 0 spiro atoms. The summed E-state index contributed by atoms with van der Waals surface area (Å²) in [5, 5.41) is 18.4. The molecule has 118 valence electrons. The Bertz CT molecular complexity index is 833. The third-order valence-electron chi connectivity index (χ3n) is 3.88. The average molecular weight is 313 g/mol. The summed E-state index contributed by atoms with van der Waals surface area (Å²) in [6.45, 7) is 0.761. The van der Waals surface area contributed by atoms with Gasteiger partial charge >= 0.3 is 5.97 Å². The number of fused-ring (bicyclic) bond motifs is 1. The summed E-state index contributed by atoms with van der Waals surface area (Å²) in [5.74, 6) is -0.484. The summed E-state index contributed by atoms with van der Waals surface area (Å²) in [6, 6.07) is 7.26. The molecule has 0 bridgehead atoms. The number of hydrogen-bond acceptors (Lipinski definition) is 5. The highest BCUT2D eigenvalue weighted by molar-refractivity contribution is 5.72. The second-order valence-electron chi connectivity index (χ2n) is 5.19. The molecular weight excluding hydrogens is 298 g/mol. The van der Waals surface area contributed by atoms with Crippen molar-refractivity contribution >= 4 is 11.7 Å². The van der Waals surface area contributed by atoms with Crippen molar-refractivity contribution in [1.82, 2.24) is 4.57 Å². The molecule has 0 unspecified atom stereocenters. The van der Waals surface area contributed by atoms with Crippen molar-refractivity contribution in [3.8, 4) is 17.5 Å². The van der Waals surface area contributed by atoms with Gasteiger partial charge in [-0.1, -0.05) is 6.07 Å². The number of anilines is 1. The Balaban J connectivity index is 2.15. The number of carbonyl (C=O) groups is 1. The van der Waals surface area contributed by atoms with E-state index < -0.39 is 5.97 Å². The Morgan fingerprint density at radius 3 is 2.96 bits per heavy atom. The highest BCUT2D eigenvalue weighted by Gasteiger charge is 2.26. The van der Waals surface area contributed by atoms with Crippen LogP contribution in [-0.4, -0.2) is 22.8 Å². The lowest BCUT2D eigenvalue weighted by molar-refractivity contribution is -0.136. The molecular formula is C16H15N3O4. The maximum Gasteiger partial charge on any atom is 0.307 e. The Labute approximate surface area is 132 Å². The van der Waals surface area contributed by atoms with Gasteiger partial charge in [0.25, 0.3) is 0 Å². The number of rotatable bonds is 4. The summed E-state index contributed by atoms with van der Waals surface area (Å²) < 4.78 is 12.4. The topological polar surface area (TPSA) is 111 Å². The van der Waals surface area contributed by atoms with Gasteiger partial charge in [-0.3, -0.25) is 4.79 Å². The third-order valence-corrected chi connectivity index (χ3v) is 3.88. The number of hydrogen-bond donors (Lipinski definition) is 2. The molecule has 1 aromatic carbocycles. The molecule has 0 amide bonds. The molecule has 7 heteroatoms. The molecule has 1 aliphatic heterocycles. The summed E-state index contributed by atoms with van der Waals surface area (Å²) in [4.78, 5) is 10.9. The van der Waals surface area contributed by atoms with E-state index in [2.05, 4.69) is 6.07 Å². The van der Waals surface area contributed by atoms with Crippen molar-refractivity contribution in [3.05, 3.63) is 40.7 Å². The van der Waals surface area contributed by atoms with Crippen molar-refractivity contribution < 1.29 is 19.4 Å².